The first-order valence-corrected chi connectivity index (χ1v) is 4.39. The van der Waals surface area contributed by atoms with Gasteiger partial charge < -0.3 is 9.47 Å². The van der Waals surface area contributed by atoms with E-state index in [0.717, 1.165) is 5.56 Å². The van der Waals surface area contributed by atoms with E-state index in [0.29, 0.717) is 12.4 Å². The molecule has 0 saturated heterocycles. The summed E-state index contributed by atoms with van der Waals surface area (Å²) < 4.78 is 22.9. The van der Waals surface area contributed by atoms with Crippen LogP contribution in [0.2, 0.25) is 0 Å². The second kappa shape index (κ2) is 5.27. The van der Waals surface area contributed by atoms with Crippen LogP contribution in [0.1, 0.15) is 12.5 Å². The number of methoxy groups -OCH3 is 1. The zero-order valence-electron chi connectivity index (χ0n) is 8.29. The molecule has 14 heavy (non-hydrogen) atoms. The van der Waals surface area contributed by atoms with Crippen molar-refractivity contribution in [2.75, 3.05) is 13.7 Å². The van der Waals surface area contributed by atoms with Gasteiger partial charge in [0.15, 0.2) is 0 Å². The van der Waals surface area contributed by atoms with Crippen molar-refractivity contribution in [2.24, 2.45) is 0 Å². The van der Waals surface area contributed by atoms with Crippen molar-refractivity contribution in [3.8, 4) is 5.75 Å². The lowest BCUT2D eigenvalue weighted by atomic mass is 10.2. The smallest absolute Gasteiger partial charge is 0.127 e. The van der Waals surface area contributed by atoms with E-state index in [9.17, 15) is 4.39 Å². The van der Waals surface area contributed by atoms with Crippen molar-refractivity contribution in [1.82, 2.24) is 0 Å². The van der Waals surface area contributed by atoms with Gasteiger partial charge in [-0.05, 0) is 30.7 Å². The molecular weight excluding hydrogens is 183 g/mol. The maximum Gasteiger partial charge on any atom is 0.127 e. The molecule has 0 fully saturated rings. The average Bonchev–Trinajstić information content (AvgIpc) is 2.17. The number of rotatable bonds is 4. The highest BCUT2D eigenvalue weighted by Crippen LogP contribution is 2.16. The third kappa shape index (κ3) is 3.09. The first-order valence-electron chi connectivity index (χ1n) is 4.39. The zero-order valence-corrected chi connectivity index (χ0v) is 8.29. The van der Waals surface area contributed by atoms with Gasteiger partial charge in [0.25, 0.3) is 0 Å². The average molecular weight is 196 g/mol. The minimum absolute atomic E-state index is 0.319. The first-order chi connectivity index (χ1) is 6.76. The molecular formula is C11H13FO2. The van der Waals surface area contributed by atoms with Gasteiger partial charge in [0.05, 0.1) is 20.0 Å². The van der Waals surface area contributed by atoms with Gasteiger partial charge in [-0.15, -0.1) is 0 Å². The SMILES string of the molecule is CCO/C=C/c1cc(F)cc(OC)c1. The lowest BCUT2D eigenvalue weighted by Crippen LogP contribution is -1.86. The maximum atomic E-state index is 13.0. The summed E-state index contributed by atoms with van der Waals surface area (Å²) in [5.74, 6) is 0.182. The molecule has 0 aromatic heterocycles. The highest BCUT2D eigenvalue weighted by Gasteiger charge is 1.97. The van der Waals surface area contributed by atoms with E-state index in [1.807, 2.05) is 6.92 Å². The van der Waals surface area contributed by atoms with Crippen molar-refractivity contribution in [3.63, 3.8) is 0 Å². The number of benzene rings is 1. The van der Waals surface area contributed by atoms with Gasteiger partial charge in [-0.1, -0.05) is 0 Å². The summed E-state index contributed by atoms with van der Waals surface area (Å²) >= 11 is 0. The molecule has 0 N–H and O–H groups in total. The van der Waals surface area contributed by atoms with Crippen LogP contribution < -0.4 is 4.74 Å². The topological polar surface area (TPSA) is 18.5 Å². The lowest BCUT2D eigenvalue weighted by molar-refractivity contribution is 0.272. The Morgan fingerprint density at radius 3 is 2.79 bits per heavy atom. The third-order valence-corrected chi connectivity index (χ3v) is 1.65. The van der Waals surface area contributed by atoms with E-state index < -0.39 is 0 Å². The Kier molecular flexibility index (Phi) is 3.98. The summed E-state index contributed by atoms with van der Waals surface area (Å²) in [6, 6.07) is 4.48. The molecule has 1 rings (SSSR count). The van der Waals surface area contributed by atoms with Crippen LogP contribution >= 0.6 is 0 Å². The minimum Gasteiger partial charge on any atom is -0.501 e. The molecule has 1 aromatic carbocycles. The zero-order chi connectivity index (χ0) is 10.4. The van der Waals surface area contributed by atoms with Crippen LogP contribution in [0.5, 0.6) is 5.75 Å². The van der Waals surface area contributed by atoms with E-state index in [4.69, 9.17) is 9.47 Å². The van der Waals surface area contributed by atoms with E-state index in [2.05, 4.69) is 0 Å². The van der Waals surface area contributed by atoms with Crippen LogP contribution in [0.4, 0.5) is 4.39 Å². The Hall–Kier alpha value is -1.51. The van der Waals surface area contributed by atoms with Crippen LogP contribution in [0.15, 0.2) is 24.5 Å². The van der Waals surface area contributed by atoms with Crippen LogP contribution in [0.25, 0.3) is 6.08 Å². The lowest BCUT2D eigenvalue weighted by Gasteiger charge is -2.01. The fourth-order valence-electron chi connectivity index (χ4n) is 1.02. The van der Waals surface area contributed by atoms with Gasteiger partial charge in [-0.2, -0.15) is 0 Å². The summed E-state index contributed by atoms with van der Waals surface area (Å²) in [5, 5.41) is 0. The van der Waals surface area contributed by atoms with Crippen LogP contribution in [-0.4, -0.2) is 13.7 Å². The molecule has 76 valence electrons. The second-order valence-electron chi connectivity index (χ2n) is 2.68. The minimum atomic E-state index is -0.319. The molecule has 0 atom stereocenters. The second-order valence-corrected chi connectivity index (χ2v) is 2.68. The molecule has 2 nitrogen and oxygen atoms in total. The summed E-state index contributed by atoms with van der Waals surface area (Å²) in [4.78, 5) is 0. The molecule has 0 aliphatic rings. The number of halogens is 1. The van der Waals surface area contributed by atoms with Crippen LogP contribution in [-0.2, 0) is 4.74 Å². The molecule has 0 radical (unpaired) electrons. The van der Waals surface area contributed by atoms with Gasteiger partial charge in [0.2, 0.25) is 0 Å². The summed E-state index contributed by atoms with van der Waals surface area (Å²) in [5.41, 5.74) is 0.718. The first kappa shape index (κ1) is 10.6. The van der Waals surface area contributed by atoms with Crippen molar-refractivity contribution < 1.29 is 13.9 Å². The quantitative estimate of drug-likeness (QED) is 0.689. The fourth-order valence-corrected chi connectivity index (χ4v) is 1.02. The fraction of sp³-hybridized carbons (Fsp3) is 0.273. The Labute approximate surface area is 83.0 Å². The Morgan fingerprint density at radius 2 is 2.14 bits per heavy atom. The molecule has 0 amide bonds. The van der Waals surface area contributed by atoms with Crippen LogP contribution in [0, 0.1) is 5.82 Å². The molecule has 0 unspecified atom stereocenters. The van der Waals surface area contributed by atoms with Crippen molar-refractivity contribution in [1.29, 1.82) is 0 Å². The van der Waals surface area contributed by atoms with Crippen molar-refractivity contribution in [2.45, 2.75) is 6.92 Å². The molecule has 0 aliphatic carbocycles. The van der Waals surface area contributed by atoms with Crippen LogP contribution in [0.3, 0.4) is 0 Å². The normalized spacial score (nSPS) is 10.5. The summed E-state index contributed by atoms with van der Waals surface area (Å²) in [6.45, 7) is 2.49. The highest BCUT2D eigenvalue weighted by atomic mass is 19.1. The molecule has 0 bridgehead atoms. The monoisotopic (exact) mass is 196 g/mol. The largest absolute Gasteiger partial charge is 0.501 e. The van der Waals surface area contributed by atoms with Gasteiger partial charge in [-0.25, -0.2) is 4.39 Å². The van der Waals surface area contributed by atoms with Gasteiger partial charge in [0.1, 0.15) is 11.6 Å². The summed E-state index contributed by atoms with van der Waals surface area (Å²) in [6.07, 6.45) is 3.23. The number of hydrogen-bond acceptors (Lipinski definition) is 2. The van der Waals surface area contributed by atoms with E-state index in [-0.39, 0.29) is 5.82 Å². The molecule has 0 spiro atoms. The molecule has 0 saturated carbocycles. The molecule has 0 heterocycles. The molecule has 3 heteroatoms. The van der Waals surface area contributed by atoms with E-state index in [1.165, 1.54) is 25.5 Å². The summed E-state index contributed by atoms with van der Waals surface area (Å²) in [7, 11) is 1.50. The van der Waals surface area contributed by atoms with Crippen molar-refractivity contribution in [3.05, 3.63) is 35.8 Å². The third-order valence-electron chi connectivity index (χ3n) is 1.65. The van der Waals surface area contributed by atoms with Gasteiger partial charge >= 0.3 is 0 Å². The Bertz CT molecular complexity index is 321. The van der Waals surface area contributed by atoms with E-state index >= 15 is 0 Å². The van der Waals surface area contributed by atoms with Crippen molar-refractivity contribution >= 4 is 6.08 Å². The number of ether oxygens (including phenoxy) is 2. The Balaban J connectivity index is 2.81. The molecule has 0 aliphatic heterocycles. The van der Waals surface area contributed by atoms with Gasteiger partial charge in [0, 0.05) is 6.07 Å². The standard InChI is InChI=1S/C11H13FO2/c1-3-14-5-4-9-6-10(12)8-11(7-9)13-2/h4-8H,3H2,1-2H3/b5-4+. The predicted octanol–water partition coefficient (Wildman–Crippen LogP) is 2.84. The maximum absolute atomic E-state index is 13.0. The Morgan fingerprint density at radius 1 is 1.36 bits per heavy atom. The van der Waals surface area contributed by atoms with Gasteiger partial charge in [-0.3, -0.25) is 0 Å². The predicted molar refractivity (Wildman–Crippen MR) is 53.6 cm³/mol. The molecule has 1 aromatic rings. The number of hydrogen-bond donors (Lipinski definition) is 0. The highest BCUT2D eigenvalue weighted by molar-refractivity contribution is 5.51. The van der Waals surface area contributed by atoms with E-state index in [1.54, 1.807) is 12.1 Å².